The first-order chi connectivity index (χ1) is 14.3. The summed E-state index contributed by atoms with van der Waals surface area (Å²) < 4.78 is 1.60. The van der Waals surface area contributed by atoms with Crippen molar-refractivity contribution < 1.29 is 0 Å². The Labute approximate surface area is 176 Å². The minimum absolute atomic E-state index is 0.128. The third-order valence-electron chi connectivity index (χ3n) is 5.48. The Balaban J connectivity index is 1.77. The summed E-state index contributed by atoms with van der Waals surface area (Å²) in [6, 6.07) is 16.0. The summed E-state index contributed by atoms with van der Waals surface area (Å²) >= 11 is 0. The van der Waals surface area contributed by atoms with Crippen LogP contribution in [-0.4, -0.2) is 15.5 Å². The molecule has 2 aromatic carbocycles. The molecule has 0 radical (unpaired) electrons. The van der Waals surface area contributed by atoms with Crippen molar-refractivity contribution in [1.29, 1.82) is 0 Å². The highest BCUT2D eigenvalue weighted by atomic mass is 16.1. The van der Waals surface area contributed by atoms with Gasteiger partial charge in [-0.15, -0.1) is 0 Å². The van der Waals surface area contributed by atoms with Crippen molar-refractivity contribution >= 4 is 17.6 Å². The van der Waals surface area contributed by atoms with Crippen LogP contribution in [0.1, 0.15) is 53.9 Å². The van der Waals surface area contributed by atoms with Crippen LogP contribution in [0.2, 0.25) is 0 Å². The van der Waals surface area contributed by atoms with Crippen LogP contribution < -0.4 is 16.2 Å². The van der Waals surface area contributed by atoms with Gasteiger partial charge in [-0.05, 0) is 61.1 Å². The summed E-state index contributed by atoms with van der Waals surface area (Å²) in [5.41, 5.74) is 6.09. The molecular formula is C24H27N5O. The third-order valence-corrected chi connectivity index (χ3v) is 5.48. The summed E-state index contributed by atoms with van der Waals surface area (Å²) in [7, 11) is 0. The number of nitrogens with one attached hydrogen (secondary N) is 2. The molecule has 3 aromatic rings. The average Bonchev–Trinajstić information content (AvgIpc) is 2.70. The van der Waals surface area contributed by atoms with Gasteiger partial charge in [0.2, 0.25) is 11.9 Å². The molecule has 1 unspecified atom stereocenters. The number of hydrogen-bond acceptors (Lipinski definition) is 5. The van der Waals surface area contributed by atoms with Gasteiger partial charge in [0.15, 0.2) is 6.17 Å². The van der Waals surface area contributed by atoms with Gasteiger partial charge in [0.25, 0.3) is 5.56 Å². The minimum Gasteiger partial charge on any atom is -0.326 e. The van der Waals surface area contributed by atoms with Crippen molar-refractivity contribution in [3.8, 4) is 0 Å². The standard InChI is InChI=1S/C24H27N5O/c1-14(2)18-7-9-19(10-8-18)22-27-23(26-20-11-6-15(3)16(4)12-20)28-24-25-17(5)13-21(30)29(22)24/h6-14,22H,1-5H3,(H2,25,26,27,28). The molecule has 2 heterocycles. The molecule has 30 heavy (non-hydrogen) atoms. The van der Waals surface area contributed by atoms with Crippen LogP contribution in [0.25, 0.3) is 0 Å². The number of aliphatic imine (C=N–C) groups is 1. The van der Waals surface area contributed by atoms with Crippen LogP contribution in [0.15, 0.2) is 58.3 Å². The van der Waals surface area contributed by atoms with E-state index in [1.54, 1.807) is 4.57 Å². The van der Waals surface area contributed by atoms with Gasteiger partial charge in [-0.1, -0.05) is 44.2 Å². The normalized spacial score (nSPS) is 15.4. The van der Waals surface area contributed by atoms with E-state index in [1.807, 2.05) is 25.1 Å². The second kappa shape index (κ2) is 7.78. The largest absolute Gasteiger partial charge is 0.326 e. The number of fused-ring (bicyclic) bond motifs is 1. The summed E-state index contributed by atoms with van der Waals surface area (Å²) in [4.78, 5) is 22.2. The fraction of sp³-hybridized carbons (Fsp3) is 0.292. The Kier molecular flexibility index (Phi) is 5.16. The van der Waals surface area contributed by atoms with Crippen LogP contribution in [0.4, 0.5) is 11.6 Å². The first kappa shape index (κ1) is 19.9. The molecule has 0 saturated carbocycles. The van der Waals surface area contributed by atoms with E-state index in [0.29, 0.717) is 23.5 Å². The molecule has 0 bridgehead atoms. The molecule has 0 fully saturated rings. The molecule has 6 heteroatoms. The second-order valence-electron chi connectivity index (χ2n) is 8.15. The lowest BCUT2D eigenvalue weighted by atomic mass is 10.0. The Hall–Kier alpha value is -3.41. The zero-order valence-corrected chi connectivity index (χ0v) is 18.0. The van der Waals surface area contributed by atoms with Crippen molar-refractivity contribution in [2.45, 2.75) is 46.7 Å². The zero-order chi connectivity index (χ0) is 21.4. The molecule has 4 rings (SSSR count). The van der Waals surface area contributed by atoms with E-state index in [1.165, 1.54) is 22.8 Å². The van der Waals surface area contributed by atoms with Crippen LogP contribution in [0.5, 0.6) is 0 Å². The number of benzene rings is 2. The highest BCUT2D eigenvalue weighted by Gasteiger charge is 2.25. The fourth-order valence-corrected chi connectivity index (χ4v) is 3.54. The molecule has 1 atom stereocenters. The zero-order valence-electron chi connectivity index (χ0n) is 18.0. The lowest BCUT2D eigenvalue weighted by Crippen LogP contribution is -2.37. The molecule has 0 saturated heterocycles. The van der Waals surface area contributed by atoms with E-state index in [-0.39, 0.29) is 5.56 Å². The van der Waals surface area contributed by atoms with E-state index in [4.69, 9.17) is 4.99 Å². The quantitative estimate of drug-likeness (QED) is 0.665. The van der Waals surface area contributed by atoms with Crippen LogP contribution in [0.3, 0.4) is 0 Å². The van der Waals surface area contributed by atoms with Gasteiger partial charge in [-0.25, -0.2) is 9.98 Å². The average molecular weight is 402 g/mol. The van der Waals surface area contributed by atoms with E-state index < -0.39 is 6.17 Å². The highest BCUT2D eigenvalue weighted by Crippen LogP contribution is 2.27. The predicted molar refractivity (Wildman–Crippen MR) is 123 cm³/mol. The summed E-state index contributed by atoms with van der Waals surface area (Å²) in [5, 5.41) is 6.52. The number of nitrogens with zero attached hydrogens (tertiary/aromatic N) is 3. The van der Waals surface area contributed by atoms with Gasteiger partial charge in [0.1, 0.15) is 0 Å². The number of aryl methyl sites for hydroxylation is 3. The molecule has 6 nitrogen and oxygen atoms in total. The van der Waals surface area contributed by atoms with Crippen LogP contribution in [-0.2, 0) is 0 Å². The molecule has 0 aliphatic carbocycles. The van der Waals surface area contributed by atoms with Crippen LogP contribution in [0, 0.1) is 20.8 Å². The van der Waals surface area contributed by atoms with E-state index in [9.17, 15) is 4.79 Å². The number of anilines is 2. The fourth-order valence-electron chi connectivity index (χ4n) is 3.54. The third kappa shape index (κ3) is 3.85. The van der Waals surface area contributed by atoms with Crippen LogP contribution >= 0.6 is 0 Å². The van der Waals surface area contributed by atoms with Crippen molar-refractivity contribution in [3.63, 3.8) is 0 Å². The molecule has 1 aromatic heterocycles. The van der Waals surface area contributed by atoms with Crippen molar-refractivity contribution in [2.24, 2.45) is 4.99 Å². The number of rotatable bonds is 3. The van der Waals surface area contributed by atoms with Gasteiger partial charge in [-0.2, -0.15) is 0 Å². The molecule has 0 spiro atoms. The molecule has 154 valence electrons. The molecule has 1 aliphatic heterocycles. The molecular weight excluding hydrogens is 374 g/mol. The molecule has 2 N–H and O–H groups in total. The van der Waals surface area contributed by atoms with E-state index in [2.05, 4.69) is 67.6 Å². The van der Waals surface area contributed by atoms with Gasteiger partial charge < -0.3 is 5.32 Å². The maximum Gasteiger partial charge on any atom is 0.257 e. The number of guanidine groups is 1. The van der Waals surface area contributed by atoms with Gasteiger partial charge in [0, 0.05) is 17.4 Å². The summed E-state index contributed by atoms with van der Waals surface area (Å²) in [5.74, 6) is 1.49. The predicted octanol–water partition coefficient (Wildman–Crippen LogP) is 4.73. The maximum atomic E-state index is 12.8. The molecule has 1 aliphatic rings. The van der Waals surface area contributed by atoms with Crippen molar-refractivity contribution in [3.05, 3.63) is 86.8 Å². The minimum atomic E-state index is -0.489. The topological polar surface area (TPSA) is 71.3 Å². The Morgan fingerprint density at radius 2 is 1.73 bits per heavy atom. The number of aromatic nitrogens is 2. The van der Waals surface area contributed by atoms with Gasteiger partial charge >= 0.3 is 0 Å². The monoisotopic (exact) mass is 401 g/mol. The lowest BCUT2D eigenvalue weighted by molar-refractivity contribution is 0.577. The Morgan fingerprint density at radius 1 is 1.00 bits per heavy atom. The highest BCUT2D eigenvalue weighted by molar-refractivity contribution is 6.03. The SMILES string of the molecule is Cc1cc(=O)n2c(n1)NC(Nc1ccc(C)c(C)c1)=NC2c1ccc(C(C)C)cc1. The second-order valence-corrected chi connectivity index (χ2v) is 8.15. The molecule has 0 amide bonds. The van der Waals surface area contributed by atoms with Crippen molar-refractivity contribution in [1.82, 2.24) is 9.55 Å². The smallest absolute Gasteiger partial charge is 0.257 e. The van der Waals surface area contributed by atoms with E-state index in [0.717, 1.165) is 11.3 Å². The van der Waals surface area contributed by atoms with E-state index >= 15 is 0 Å². The first-order valence-electron chi connectivity index (χ1n) is 10.2. The van der Waals surface area contributed by atoms with Crippen molar-refractivity contribution in [2.75, 3.05) is 10.6 Å². The maximum absolute atomic E-state index is 12.8. The lowest BCUT2D eigenvalue weighted by Gasteiger charge is -2.27. The van der Waals surface area contributed by atoms with Gasteiger partial charge in [-0.3, -0.25) is 14.7 Å². The van der Waals surface area contributed by atoms with Gasteiger partial charge in [0.05, 0.1) is 0 Å². The Morgan fingerprint density at radius 3 is 2.40 bits per heavy atom. The summed E-state index contributed by atoms with van der Waals surface area (Å²) in [6.07, 6.45) is -0.489. The number of hydrogen-bond donors (Lipinski definition) is 2. The first-order valence-corrected chi connectivity index (χ1v) is 10.2. The summed E-state index contributed by atoms with van der Waals surface area (Å²) in [6.45, 7) is 10.3. The Bertz CT molecular complexity index is 1180.